The van der Waals surface area contributed by atoms with E-state index in [9.17, 15) is 22.8 Å². The SMILES string of the molecule is NC(=O)C1=CN(C(=O)Nc2ccc(Cl)cc2Cl)CC[C@@H]1C(F)(F)F. The third-order valence-electron chi connectivity index (χ3n) is 3.44. The highest BCUT2D eigenvalue weighted by atomic mass is 35.5. The predicted molar refractivity (Wildman–Crippen MR) is 83.6 cm³/mol. The Morgan fingerprint density at radius 3 is 2.50 bits per heavy atom. The summed E-state index contributed by atoms with van der Waals surface area (Å²) in [7, 11) is 0. The van der Waals surface area contributed by atoms with Gasteiger partial charge >= 0.3 is 12.2 Å². The first kappa shape index (κ1) is 18.4. The Morgan fingerprint density at radius 1 is 1.29 bits per heavy atom. The number of halogens is 5. The standard InChI is InChI=1S/C14H12Cl2F3N3O2/c15-7-1-2-11(10(16)5-7)21-13(24)22-4-3-9(14(17,18)19)8(6-22)12(20)23/h1-2,5-6,9H,3-4H2,(H2,20,23)(H,21,24)/t9-/m0/s1. The Bertz CT molecular complexity index is 707. The lowest BCUT2D eigenvalue weighted by Gasteiger charge is -2.31. The van der Waals surface area contributed by atoms with Gasteiger partial charge in [-0.2, -0.15) is 13.2 Å². The molecule has 2 rings (SSSR count). The van der Waals surface area contributed by atoms with Gasteiger partial charge in [-0.05, 0) is 24.6 Å². The molecule has 0 saturated carbocycles. The Hall–Kier alpha value is -1.93. The molecule has 0 bridgehead atoms. The number of hydrogen-bond acceptors (Lipinski definition) is 2. The number of carbonyl (C=O) groups excluding carboxylic acids is 2. The molecule has 0 fully saturated rings. The summed E-state index contributed by atoms with van der Waals surface area (Å²) in [4.78, 5) is 24.4. The maximum absolute atomic E-state index is 12.9. The first-order chi connectivity index (χ1) is 11.1. The fraction of sp³-hybridized carbons (Fsp3) is 0.286. The molecule has 0 radical (unpaired) electrons. The van der Waals surface area contributed by atoms with Crippen molar-refractivity contribution in [2.24, 2.45) is 11.7 Å². The summed E-state index contributed by atoms with van der Waals surface area (Å²) < 4.78 is 38.8. The van der Waals surface area contributed by atoms with Crippen LogP contribution in [0.25, 0.3) is 0 Å². The van der Waals surface area contributed by atoms with Crippen LogP contribution in [0.15, 0.2) is 30.0 Å². The number of alkyl halides is 3. The van der Waals surface area contributed by atoms with E-state index < -0.39 is 36.0 Å². The quantitative estimate of drug-likeness (QED) is 0.817. The lowest BCUT2D eigenvalue weighted by atomic mass is 9.92. The minimum absolute atomic E-state index is 0.167. The lowest BCUT2D eigenvalue weighted by Crippen LogP contribution is -2.42. The Morgan fingerprint density at radius 2 is 1.96 bits per heavy atom. The number of nitrogens with zero attached hydrogens (tertiary/aromatic N) is 1. The highest BCUT2D eigenvalue weighted by molar-refractivity contribution is 6.36. The molecule has 5 nitrogen and oxygen atoms in total. The highest BCUT2D eigenvalue weighted by Crippen LogP contribution is 2.37. The summed E-state index contributed by atoms with van der Waals surface area (Å²) >= 11 is 11.7. The van der Waals surface area contributed by atoms with Gasteiger partial charge in [0.2, 0.25) is 5.91 Å². The molecule has 1 heterocycles. The number of hydrogen-bond donors (Lipinski definition) is 2. The van der Waals surface area contributed by atoms with Crippen molar-refractivity contribution in [3.05, 3.63) is 40.0 Å². The molecule has 1 atom stereocenters. The van der Waals surface area contributed by atoms with E-state index in [0.717, 1.165) is 11.1 Å². The average Bonchev–Trinajstić information content (AvgIpc) is 2.48. The molecule has 0 unspecified atom stereocenters. The maximum atomic E-state index is 12.9. The van der Waals surface area contributed by atoms with Gasteiger partial charge in [0.1, 0.15) is 0 Å². The molecule has 0 saturated heterocycles. The van der Waals surface area contributed by atoms with Crippen LogP contribution in [0.2, 0.25) is 10.0 Å². The molecule has 1 aliphatic rings. The smallest absolute Gasteiger partial charge is 0.366 e. The molecule has 1 aromatic rings. The third-order valence-corrected chi connectivity index (χ3v) is 3.99. The molecule has 3 amide bonds. The van der Waals surface area contributed by atoms with Crippen LogP contribution in [0.5, 0.6) is 0 Å². The van der Waals surface area contributed by atoms with Crippen LogP contribution >= 0.6 is 23.2 Å². The van der Waals surface area contributed by atoms with Gasteiger partial charge in [-0.1, -0.05) is 23.2 Å². The minimum Gasteiger partial charge on any atom is -0.366 e. The lowest BCUT2D eigenvalue weighted by molar-refractivity contribution is -0.169. The van der Waals surface area contributed by atoms with E-state index in [2.05, 4.69) is 5.32 Å². The van der Waals surface area contributed by atoms with E-state index in [1.54, 1.807) is 0 Å². The Kier molecular flexibility index (Phi) is 5.29. The first-order valence-corrected chi connectivity index (χ1v) is 7.46. The zero-order valence-corrected chi connectivity index (χ0v) is 13.5. The van der Waals surface area contributed by atoms with Crippen molar-refractivity contribution < 1.29 is 22.8 Å². The molecule has 10 heteroatoms. The number of rotatable bonds is 2. The van der Waals surface area contributed by atoms with Crippen LogP contribution in [0.3, 0.4) is 0 Å². The second-order valence-corrected chi connectivity index (χ2v) is 5.92. The largest absolute Gasteiger partial charge is 0.396 e. The maximum Gasteiger partial charge on any atom is 0.396 e. The molecule has 130 valence electrons. The van der Waals surface area contributed by atoms with Crippen LogP contribution in [-0.4, -0.2) is 29.6 Å². The van der Waals surface area contributed by atoms with E-state index in [4.69, 9.17) is 28.9 Å². The summed E-state index contributed by atoms with van der Waals surface area (Å²) in [5.74, 6) is -3.21. The van der Waals surface area contributed by atoms with Crippen molar-refractivity contribution in [2.75, 3.05) is 11.9 Å². The van der Waals surface area contributed by atoms with E-state index >= 15 is 0 Å². The predicted octanol–water partition coefficient (Wildman–Crippen LogP) is 3.78. The van der Waals surface area contributed by atoms with Crippen molar-refractivity contribution in [1.29, 1.82) is 0 Å². The summed E-state index contributed by atoms with van der Waals surface area (Å²) in [6, 6.07) is 3.60. The average molecular weight is 382 g/mol. The second-order valence-electron chi connectivity index (χ2n) is 5.08. The molecular weight excluding hydrogens is 370 g/mol. The molecule has 1 aromatic carbocycles. The molecule has 0 spiro atoms. The summed E-state index contributed by atoms with van der Waals surface area (Å²) in [5.41, 5.74) is 4.58. The van der Waals surface area contributed by atoms with Gasteiger partial charge in [0.25, 0.3) is 0 Å². The number of nitrogens with two attached hydrogens (primary N) is 1. The van der Waals surface area contributed by atoms with Gasteiger partial charge in [-0.3, -0.25) is 4.79 Å². The van der Waals surface area contributed by atoms with Crippen molar-refractivity contribution in [1.82, 2.24) is 4.90 Å². The van der Waals surface area contributed by atoms with Crippen molar-refractivity contribution in [2.45, 2.75) is 12.6 Å². The summed E-state index contributed by atoms with van der Waals surface area (Å²) in [5, 5.41) is 2.97. The number of primary amides is 1. The number of benzene rings is 1. The molecule has 0 aliphatic carbocycles. The van der Waals surface area contributed by atoms with Gasteiger partial charge in [0, 0.05) is 23.3 Å². The molecule has 1 aliphatic heterocycles. The number of nitrogens with one attached hydrogen (secondary N) is 1. The number of amides is 3. The van der Waals surface area contributed by atoms with E-state index in [-0.39, 0.29) is 17.3 Å². The highest BCUT2D eigenvalue weighted by Gasteiger charge is 2.45. The van der Waals surface area contributed by atoms with Crippen LogP contribution in [0.1, 0.15) is 6.42 Å². The number of anilines is 1. The van der Waals surface area contributed by atoms with Crippen LogP contribution < -0.4 is 11.1 Å². The summed E-state index contributed by atoms with van der Waals surface area (Å²) in [6.07, 6.45) is -4.24. The van der Waals surface area contributed by atoms with E-state index in [1.165, 1.54) is 18.2 Å². The zero-order valence-electron chi connectivity index (χ0n) is 12.0. The fourth-order valence-electron chi connectivity index (χ4n) is 2.26. The van der Waals surface area contributed by atoms with Gasteiger partial charge in [-0.25, -0.2) is 4.79 Å². The fourth-order valence-corrected chi connectivity index (χ4v) is 2.72. The molecule has 3 N–H and O–H groups in total. The van der Waals surface area contributed by atoms with Gasteiger partial charge in [0.05, 0.1) is 16.6 Å². The molecular formula is C14H12Cl2F3N3O2. The van der Waals surface area contributed by atoms with Crippen LogP contribution in [0, 0.1) is 5.92 Å². The van der Waals surface area contributed by atoms with Gasteiger partial charge < -0.3 is 16.0 Å². The van der Waals surface area contributed by atoms with E-state index in [0.29, 0.717) is 5.02 Å². The minimum atomic E-state index is -4.61. The van der Waals surface area contributed by atoms with Gasteiger partial charge in [0.15, 0.2) is 0 Å². The number of carbonyl (C=O) groups is 2. The first-order valence-electron chi connectivity index (χ1n) is 6.70. The number of urea groups is 1. The molecule has 0 aromatic heterocycles. The zero-order chi connectivity index (χ0) is 18.1. The van der Waals surface area contributed by atoms with Gasteiger partial charge in [-0.15, -0.1) is 0 Å². The van der Waals surface area contributed by atoms with Crippen LogP contribution in [0.4, 0.5) is 23.7 Å². The van der Waals surface area contributed by atoms with Crippen molar-refractivity contribution >= 4 is 40.8 Å². The second kappa shape index (κ2) is 6.90. The topological polar surface area (TPSA) is 75.4 Å². The normalized spacial score (nSPS) is 18.1. The monoisotopic (exact) mass is 381 g/mol. The van der Waals surface area contributed by atoms with Crippen LogP contribution in [-0.2, 0) is 4.79 Å². The van der Waals surface area contributed by atoms with E-state index in [1.807, 2.05) is 0 Å². The Balaban J connectivity index is 2.21. The van der Waals surface area contributed by atoms with Crippen molar-refractivity contribution in [3.63, 3.8) is 0 Å². The Labute approximate surface area is 145 Å². The van der Waals surface area contributed by atoms with Crippen molar-refractivity contribution in [3.8, 4) is 0 Å². The molecule has 24 heavy (non-hydrogen) atoms. The summed E-state index contributed by atoms with van der Waals surface area (Å²) in [6.45, 7) is -0.224. The third kappa shape index (κ3) is 4.12.